The minimum Gasteiger partial charge on any atom is -0.459 e. The first-order valence-corrected chi connectivity index (χ1v) is 9.80. The summed E-state index contributed by atoms with van der Waals surface area (Å²) >= 11 is 0. The van der Waals surface area contributed by atoms with Gasteiger partial charge in [0, 0.05) is 6.61 Å². The number of unbranched alkanes of at least 4 members (excludes halogenated alkanes) is 7. The highest BCUT2D eigenvalue weighted by Crippen LogP contribution is 2.11. The summed E-state index contributed by atoms with van der Waals surface area (Å²) in [4.78, 5) is 12.2. The second-order valence-corrected chi connectivity index (χ2v) is 6.61. The van der Waals surface area contributed by atoms with E-state index in [0.717, 1.165) is 24.8 Å². The van der Waals surface area contributed by atoms with Crippen molar-refractivity contribution in [1.82, 2.24) is 0 Å². The third kappa shape index (κ3) is 9.90. The van der Waals surface area contributed by atoms with E-state index >= 15 is 0 Å². The molecule has 0 heterocycles. The van der Waals surface area contributed by atoms with Gasteiger partial charge in [0.1, 0.15) is 12.7 Å². The van der Waals surface area contributed by atoms with Crippen molar-refractivity contribution in [3.63, 3.8) is 0 Å². The molecule has 0 saturated carbocycles. The molecule has 0 saturated heterocycles. The van der Waals surface area contributed by atoms with Crippen LogP contribution < -0.4 is 0 Å². The van der Waals surface area contributed by atoms with E-state index in [9.17, 15) is 9.90 Å². The second kappa shape index (κ2) is 14.7. The molecule has 0 fully saturated rings. The summed E-state index contributed by atoms with van der Waals surface area (Å²) < 4.78 is 10.7. The van der Waals surface area contributed by atoms with Crippen molar-refractivity contribution in [3.05, 3.63) is 35.9 Å². The molecule has 0 aromatic heterocycles. The molecule has 2 unspecified atom stereocenters. The van der Waals surface area contributed by atoms with Crippen LogP contribution in [0.1, 0.15) is 63.9 Å². The van der Waals surface area contributed by atoms with Gasteiger partial charge in [-0.1, -0.05) is 82.2 Å². The Morgan fingerprint density at radius 3 is 2.23 bits per heavy atom. The first-order chi connectivity index (χ1) is 12.7. The van der Waals surface area contributed by atoms with E-state index in [0.29, 0.717) is 6.61 Å². The quantitative estimate of drug-likeness (QED) is 0.366. The molecule has 26 heavy (non-hydrogen) atoms. The molecule has 0 spiro atoms. The molecule has 1 aromatic carbocycles. The lowest BCUT2D eigenvalue weighted by atomic mass is 10.1. The number of benzene rings is 1. The van der Waals surface area contributed by atoms with Crippen LogP contribution in [0.5, 0.6) is 0 Å². The molecule has 5 heteroatoms. The predicted octanol–water partition coefficient (Wildman–Crippen LogP) is 3.61. The third-order valence-electron chi connectivity index (χ3n) is 4.29. The summed E-state index contributed by atoms with van der Waals surface area (Å²) in [6.07, 6.45) is 6.94. The molecule has 2 N–H and O–H groups in total. The number of esters is 1. The van der Waals surface area contributed by atoms with E-state index in [4.69, 9.17) is 14.6 Å². The maximum absolute atomic E-state index is 12.2. The molecule has 148 valence electrons. The lowest BCUT2D eigenvalue weighted by Gasteiger charge is -2.20. The summed E-state index contributed by atoms with van der Waals surface area (Å²) in [5.74, 6) is -0.644. The van der Waals surface area contributed by atoms with Gasteiger partial charge in [-0.2, -0.15) is 0 Å². The van der Waals surface area contributed by atoms with Crippen molar-refractivity contribution in [3.8, 4) is 0 Å². The Balaban J connectivity index is 2.25. The zero-order chi connectivity index (χ0) is 19.0. The SMILES string of the molecule is CCCCCCCCCCOC(C(=O)OCc1ccccc1)C(O)CO. The number of hydrogen-bond donors (Lipinski definition) is 2. The fourth-order valence-electron chi connectivity index (χ4n) is 2.69. The molecule has 0 amide bonds. The summed E-state index contributed by atoms with van der Waals surface area (Å²) in [5, 5.41) is 19.0. The highest BCUT2D eigenvalue weighted by Gasteiger charge is 2.28. The molecular weight excluding hydrogens is 332 g/mol. The Morgan fingerprint density at radius 2 is 1.62 bits per heavy atom. The van der Waals surface area contributed by atoms with Crippen LogP contribution in [-0.4, -0.2) is 41.6 Å². The first-order valence-electron chi connectivity index (χ1n) is 9.80. The lowest BCUT2D eigenvalue weighted by Crippen LogP contribution is -2.40. The van der Waals surface area contributed by atoms with Crippen LogP contribution in [0.3, 0.4) is 0 Å². The molecule has 0 aliphatic heterocycles. The Morgan fingerprint density at radius 1 is 1.00 bits per heavy atom. The smallest absolute Gasteiger partial charge is 0.338 e. The average molecular weight is 366 g/mol. The van der Waals surface area contributed by atoms with E-state index in [-0.39, 0.29) is 6.61 Å². The standard InChI is InChI=1S/C21H34O5/c1-2-3-4-5-6-7-8-12-15-25-20(19(23)16-22)21(24)26-17-18-13-10-9-11-14-18/h9-11,13-14,19-20,22-23H,2-8,12,15-17H2,1H3. The third-order valence-corrected chi connectivity index (χ3v) is 4.29. The Bertz CT molecular complexity index is 463. The van der Waals surface area contributed by atoms with Gasteiger partial charge in [0.15, 0.2) is 6.10 Å². The summed E-state index contributed by atoms with van der Waals surface area (Å²) in [6.45, 7) is 2.16. The zero-order valence-corrected chi connectivity index (χ0v) is 15.9. The lowest BCUT2D eigenvalue weighted by molar-refractivity contribution is -0.168. The van der Waals surface area contributed by atoms with Gasteiger partial charge in [-0.05, 0) is 12.0 Å². The van der Waals surface area contributed by atoms with Crippen LogP contribution >= 0.6 is 0 Å². The first kappa shape index (κ1) is 22.6. The maximum Gasteiger partial charge on any atom is 0.338 e. The van der Waals surface area contributed by atoms with Crippen molar-refractivity contribution in [1.29, 1.82) is 0 Å². The Hall–Kier alpha value is -1.43. The fourth-order valence-corrected chi connectivity index (χ4v) is 2.69. The van der Waals surface area contributed by atoms with Gasteiger partial charge in [-0.15, -0.1) is 0 Å². The van der Waals surface area contributed by atoms with Gasteiger partial charge in [0.25, 0.3) is 0 Å². The molecule has 5 nitrogen and oxygen atoms in total. The number of carbonyl (C=O) groups excluding carboxylic acids is 1. The number of hydrogen-bond acceptors (Lipinski definition) is 5. The van der Waals surface area contributed by atoms with E-state index in [1.54, 1.807) is 0 Å². The minimum atomic E-state index is -1.27. The van der Waals surface area contributed by atoms with E-state index in [2.05, 4.69) is 6.92 Å². The molecule has 0 aliphatic carbocycles. The van der Waals surface area contributed by atoms with Crippen LogP contribution in [-0.2, 0) is 20.9 Å². The fraction of sp³-hybridized carbons (Fsp3) is 0.667. The highest BCUT2D eigenvalue weighted by atomic mass is 16.6. The van der Waals surface area contributed by atoms with Gasteiger partial charge in [-0.3, -0.25) is 0 Å². The van der Waals surface area contributed by atoms with Crippen molar-refractivity contribution in [2.24, 2.45) is 0 Å². The Kier molecular flexibility index (Phi) is 12.8. The summed E-state index contributed by atoms with van der Waals surface area (Å²) in [7, 11) is 0. The minimum absolute atomic E-state index is 0.120. The van der Waals surface area contributed by atoms with Gasteiger partial charge >= 0.3 is 5.97 Å². The van der Waals surface area contributed by atoms with Crippen molar-refractivity contribution >= 4 is 5.97 Å². The molecule has 1 aromatic rings. The number of aliphatic hydroxyl groups excluding tert-OH is 2. The van der Waals surface area contributed by atoms with E-state index in [1.807, 2.05) is 30.3 Å². The summed E-state index contributed by atoms with van der Waals surface area (Å²) in [6, 6.07) is 9.32. The molecule has 0 aliphatic rings. The number of carbonyl (C=O) groups is 1. The van der Waals surface area contributed by atoms with Crippen LogP contribution in [0.4, 0.5) is 0 Å². The van der Waals surface area contributed by atoms with Gasteiger partial charge in [-0.25, -0.2) is 4.79 Å². The van der Waals surface area contributed by atoms with Gasteiger partial charge in [0.05, 0.1) is 6.61 Å². The number of aliphatic hydroxyl groups is 2. The molecule has 0 radical (unpaired) electrons. The molecule has 0 bridgehead atoms. The van der Waals surface area contributed by atoms with Gasteiger partial charge in [0.2, 0.25) is 0 Å². The zero-order valence-electron chi connectivity index (χ0n) is 15.9. The van der Waals surface area contributed by atoms with Crippen LogP contribution in [0.2, 0.25) is 0 Å². The molecular formula is C21H34O5. The van der Waals surface area contributed by atoms with Crippen molar-refractivity contribution in [2.75, 3.05) is 13.2 Å². The molecule has 2 atom stereocenters. The molecule has 1 rings (SSSR count). The topological polar surface area (TPSA) is 76.0 Å². The predicted molar refractivity (Wildman–Crippen MR) is 102 cm³/mol. The van der Waals surface area contributed by atoms with Crippen LogP contribution in [0.15, 0.2) is 30.3 Å². The maximum atomic E-state index is 12.2. The van der Waals surface area contributed by atoms with Crippen molar-refractivity contribution < 1.29 is 24.5 Å². The van der Waals surface area contributed by atoms with Crippen LogP contribution in [0, 0.1) is 0 Å². The number of rotatable bonds is 15. The summed E-state index contributed by atoms with van der Waals surface area (Å²) in [5.41, 5.74) is 0.862. The monoisotopic (exact) mass is 366 g/mol. The van der Waals surface area contributed by atoms with E-state index < -0.39 is 24.8 Å². The highest BCUT2D eigenvalue weighted by molar-refractivity contribution is 5.75. The van der Waals surface area contributed by atoms with E-state index in [1.165, 1.54) is 32.1 Å². The van der Waals surface area contributed by atoms with Gasteiger partial charge < -0.3 is 19.7 Å². The second-order valence-electron chi connectivity index (χ2n) is 6.61. The average Bonchev–Trinajstić information content (AvgIpc) is 2.68. The van der Waals surface area contributed by atoms with Crippen LogP contribution in [0.25, 0.3) is 0 Å². The Labute approximate surface area is 157 Å². The number of ether oxygens (including phenoxy) is 2. The van der Waals surface area contributed by atoms with Crippen molar-refractivity contribution in [2.45, 2.75) is 77.1 Å². The largest absolute Gasteiger partial charge is 0.459 e. The normalized spacial score (nSPS) is 13.3.